The van der Waals surface area contributed by atoms with Gasteiger partial charge in [-0.05, 0) is 48.2 Å². The summed E-state index contributed by atoms with van der Waals surface area (Å²) in [5.74, 6) is 6.07. The third-order valence-corrected chi connectivity index (χ3v) is 7.27. The van der Waals surface area contributed by atoms with Crippen LogP contribution in [0.4, 0.5) is 4.39 Å². The fraction of sp³-hybridized carbons (Fsp3) is 0.400. The van der Waals surface area contributed by atoms with Gasteiger partial charge in [-0.1, -0.05) is 36.1 Å². The van der Waals surface area contributed by atoms with Crippen molar-refractivity contribution >= 4 is 0 Å². The number of nitrogens with zero attached hydrogens (tertiary/aromatic N) is 2. The average molecular weight is 517 g/mol. The van der Waals surface area contributed by atoms with E-state index in [1.807, 2.05) is 24.3 Å². The van der Waals surface area contributed by atoms with E-state index < -0.39 is 11.7 Å². The molecule has 1 aromatic heterocycles. The molecular weight excluding hydrogens is 483 g/mol. The minimum Gasteiger partial charge on any atom is -0.502 e. The molecule has 0 spiro atoms. The summed E-state index contributed by atoms with van der Waals surface area (Å²) in [4.78, 5) is 20.8. The van der Waals surface area contributed by atoms with Crippen LogP contribution >= 0.6 is 0 Å². The molecule has 7 nitrogen and oxygen atoms in total. The van der Waals surface area contributed by atoms with Gasteiger partial charge in [-0.25, -0.2) is 9.37 Å². The molecule has 2 heterocycles. The Balaban J connectivity index is 1.24. The molecule has 1 saturated heterocycles. The van der Waals surface area contributed by atoms with E-state index in [0.29, 0.717) is 31.5 Å². The summed E-state index contributed by atoms with van der Waals surface area (Å²) in [6, 6.07) is 16.5. The van der Waals surface area contributed by atoms with Gasteiger partial charge in [-0.2, -0.15) is 0 Å². The predicted molar refractivity (Wildman–Crippen MR) is 144 cm³/mol. The topological polar surface area (TPSA) is 90.5 Å². The third kappa shape index (κ3) is 6.87. The lowest BCUT2D eigenvalue weighted by molar-refractivity contribution is 0.0342. The van der Waals surface area contributed by atoms with E-state index in [4.69, 9.17) is 4.74 Å². The maximum absolute atomic E-state index is 13.3. The number of hydrogen-bond acceptors (Lipinski definition) is 6. The number of morpholine rings is 1. The van der Waals surface area contributed by atoms with Crippen LogP contribution in [0.3, 0.4) is 0 Å². The average Bonchev–Trinajstić information content (AvgIpc) is 2.92. The van der Waals surface area contributed by atoms with Gasteiger partial charge in [0.2, 0.25) is 5.75 Å². The molecule has 0 bridgehead atoms. The standard InChI is InChI=1S/C30H33FN4O3/c31-26-16-27(17-26)32-18-25(15-28-29(36)30(37)34-20-33-28)24-9-7-22(8-10-24)2-1-21-3-5-23(6-4-21)19-35-11-13-38-14-12-35/h3-10,20,25-27,32,36H,11-19H2,(H,33,34,37)/t25-,26-,27+/m1/s1. The number of nitrogens with one attached hydrogen (secondary N) is 2. The van der Waals surface area contributed by atoms with Crippen LogP contribution < -0.4 is 10.9 Å². The number of hydrogen-bond donors (Lipinski definition) is 3. The van der Waals surface area contributed by atoms with Crippen molar-refractivity contribution in [3.05, 3.63) is 93.2 Å². The Kier molecular flexibility index (Phi) is 8.49. The van der Waals surface area contributed by atoms with Crippen LogP contribution in [0.15, 0.2) is 59.7 Å². The summed E-state index contributed by atoms with van der Waals surface area (Å²) in [5, 5.41) is 13.6. The molecule has 198 valence electrons. The molecule has 1 saturated carbocycles. The van der Waals surface area contributed by atoms with E-state index >= 15 is 0 Å². The van der Waals surface area contributed by atoms with Gasteiger partial charge >= 0.3 is 0 Å². The van der Waals surface area contributed by atoms with E-state index in [0.717, 1.165) is 49.5 Å². The van der Waals surface area contributed by atoms with E-state index in [1.54, 1.807) is 0 Å². The number of aromatic hydroxyl groups is 1. The number of rotatable bonds is 8. The highest BCUT2D eigenvalue weighted by atomic mass is 19.1. The molecule has 2 fully saturated rings. The molecule has 2 aromatic carbocycles. The van der Waals surface area contributed by atoms with Crippen LogP contribution in [0, 0.1) is 11.8 Å². The minimum absolute atomic E-state index is 0.0464. The van der Waals surface area contributed by atoms with E-state index in [2.05, 4.69) is 56.3 Å². The zero-order valence-corrected chi connectivity index (χ0v) is 21.3. The number of aromatic nitrogens is 2. The highest BCUT2D eigenvalue weighted by Gasteiger charge is 2.29. The summed E-state index contributed by atoms with van der Waals surface area (Å²) in [7, 11) is 0. The number of benzene rings is 2. The fourth-order valence-corrected chi connectivity index (χ4v) is 4.84. The van der Waals surface area contributed by atoms with Crippen LogP contribution in [0.1, 0.15) is 46.7 Å². The van der Waals surface area contributed by atoms with Crippen LogP contribution in [0.25, 0.3) is 0 Å². The molecule has 1 aliphatic heterocycles. The van der Waals surface area contributed by atoms with Gasteiger partial charge in [0.15, 0.2) is 0 Å². The quantitative estimate of drug-likeness (QED) is 0.399. The number of aromatic amines is 1. The van der Waals surface area contributed by atoms with Gasteiger partial charge in [-0.15, -0.1) is 0 Å². The molecular formula is C30H33FN4O3. The van der Waals surface area contributed by atoms with Crippen LogP contribution in [-0.2, 0) is 17.7 Å². The van der Waals surface area contributed by atoms with Crippen LogP contribution in [0.5, 0.6) is 5.75 Å². The van der Waals surface area contributed by atoms with Crippen LogP contribution in [0.2, 0.25) is 0 Å². The van der Waals surface area contributed by atoms with Crippen molar-refractivity contribution in [2.45, 2.75) is 43.9 Å². The Labute approximate surface area is 222 Å². The van der Waals surface area contributed by atoms with Gasteiger partial charge in [0.05, 0.1) is 25.2 Å². The van der Waals surface area contributed by atoms with Gasteiger partial charge in [0.25, 0.3) is 5.56 Å². The minimum atomic E-state index is -0.733. The number of H-pyrrole nitrogens is 1. The lowest BCUT2D eigenvalue weighted by atomic mass is 9.88. The first-order valence-corrected chi connectivity index (χ1v) is 13.2. The van der Waals surface area contributed by atoms with Crippen molar-refractivity contribution < 1.29 is 14.2 Å². The Bertz CT molecular complexity index is 1320. The smallest absolute Gasteiger partial charge is 0.293 e. The maximum Gasteiger partial charge on any atom is 0.293 e. The predicted octanol–water partition coefficient (Wildman–Crippen LogP) is 3.12. The first-order chi connectivity index (χ1) is 18.5. The number of halogens is 1. The van der Waals surface area contributed by atoms with E-state index in [1.165, 1.54) is 11.9 Å². The molecule has 1 atom stereocenters. The Hall–Kier alpha value is -3.51. The molecule has 2 aliphatic rings. The molecule has 38 heavy (non-hydrogen) atoms. The normalized spacial score (nSPS) is 20.2. The van der Waals surface area contributed by atoms with Gasteiger partial charge in [0.1, 0.15) is 6.17 Å². The first kappa shape index (κ1) is 26.1. The summed E-state index contributed by atoms with van der Waals surface area (Å²) >= 11 is 0. The van der Waals surface area contributed by atoms with Crippen molar-refractivity contribution in [2.24, 2.45) is 0 Å². The second kappa shape index (κ2) is 12.4. The Morgan fingerprint density at radius 2 is 1.74 bits per heavy atom. The lowest BCUT2D eigenvalue weighted by Gasteiger charge is -2.32. The summed E-state index contributed by atoms with van der Waals surface area (Å²) in [6.45, 7) is 5.04. The Morgan fingerprint density at radius 1 is 1.08 bits per heavy atom. The molecule has 8 heteroatoms. The summed E-state index contributed by atoms with van der Waals surface area (Å²) < 4.78 is 18.7. The zero-order valence-electron chi connectivity index (χ0n) is 21.3. The third-order valence-electron chi connectivity index (χ3n) is 7.27. The van der Waals surface area contributed by atoms with Gasteiger partial charge in [-0.3, -0.25) is 9.69 Å². The van der Waals surface area contributed by atoms with E-state index in [9.17, 15) is 14.3 Å². The Morgan fingerprint density at radius 3 is 2.39 bits per heavy atom. The van der Waals surface area contributed by atoms with Crippen LogP contribution in [-0.4, -0.2) is 65.0 Å². The highest BCUT2D eigenvalue weighted by molar-refractivity contribution is 5.44. The van der Waals surface area contributed by atoms with E-state index in [-0.39, 0.29) is 17.7 Å². The second-order valence-electron chi connectivity index (χ2n) is 10.1. The van der Waals surface area contributed by atoms with Gasteiger partial charge < -0.3 is 20.1 Å². The monoisotopic (exact) mass is 516 g/mol. The molecule has 0 amide bonds. The molecule has 0 unspecified atom stereocenters. The van der Waals surface area contributed by atoms with Crippen molar-refractivity contribution in [1.29, 1.82) is 0 Å². The molecule has 1 aliphatic carbocycles. The first-order valence-electron chi connectivity index (χ1n) is 13.2. The number of alkyl halides is 1. The highest BCUT2D eigenvalue weighted by Crippen LogP contribution is 2.26. The second-order valence-corrected chi connectivity index (χ2v) is 10.1. The van der Waals surface area contributed by atoms with Crippen molar-refractivity contribution in [3.63, 3.8) is 0 Å². The largest absolute Gasteiger partial charge is 0.502 e. The molecule has 0 radical (unpaired) electrons. The molecule has 5 rings (SSSR count). The number of ether oxygens (including phenoxy) is 1. The lowest BCUT2D eigenvalue weighted by Crippen LogP contribution is -2.44. The van der Waals surface area contributed by atoms with Crippen molar-refractivity contribution in [1.82, 2.24) is 20.2 Å². The fourth-order valence-electron chi connectivity index (χ4n) is 4.84. The molecule has 3 aromatic rings. The molecule has 3 N–H and O–H groups in total. The van der Waals surface area contributed by atoms with Gasteiger partial charge in [0, 0.05) is 55.7 Å². The maximum atomic E-state index is 13.3. The van der Waals surface area contributed by atoms with Crippen molar-refractivity contribution in [2.75, 3.05) is 32.8 Å². The zero-order chi connectivity index (χ0) is 26.3. The summed E-state index contributed by atoms with van der Waals surface area (Å²) in [6.07, 6.45) is 1.99. The summed E-state index contributed by atoms with van der Waals surface area (Å²) in [5.41, 5.74) is 3.96. The SMILES string of the molecule is O=c1[nH]cnc(C[C@H](CN[C@H]2C[C@@H](F)C2)c2ccc(C#Cc3ccc(CN4CCOCC4)cc3)cc2)c1O. The van der Waals surface area contributed by atoms with Crippen molar-refractivity contribution in [3.8, 4) is 17.6 Å².